The van der Waals surface area contributed by atoms with Crippen LogP contribution in [0.2, 0.25) is 0 Å². The molecular formula is C18H15F4N5O2. The number of carbonyl (C=O) groups is 1. The first-order valence-electron chi connectivity index (χ1n) is 8.37. The van der Waals surface area contributed by atoms with Crippen molar-refractivity contribution in [1.29, 1.82) is 0 Å². The van der Waals surface area contributed by atoms with E-state index >= 15 is 0 Å². The van der Waals surface area contributed by atoms with Crippen LogP contribution in [0.15, 0.2) is 42.5 Å². The van der Waals surface area contributed by atoms with Crippen molar-refractivity contribution in [3.63, 3.8) is 0 Å². The highest BCUT2D eigenvalue weighted by Crippen LogP contribution is 2.30. The highest BCUT2D eigenvalue weighted by Gasteiger charge is 2.31. The van der Waals surface area contributed by atoms with Gasteiger partial charge in [-0.05, 0) is 59.0 Å². The number of benzene rings is 2. The fourth-order valence-corrected chi connectivity index (χ4v) is 2.92. The SMILES string of the molecule is NC(=O)CC(Cc1ccc(OC(F)(F)F)cc1)c1cc(F)cc(-c2nn[nH]n2)c1. The highest BCUT2D eigenvalue weighted by molar-refractivity contribution is 5.75. The van der Waals surface area contributed by atoms with Crippen LogP contribution < -0.4 is 10.5 Å². The first-order chi connectivity index (χ1) is 13.7. The van der Waals surface area contributed by atoms with E-state index in [0.717, 1.165) is 0 Å². The third-order valence-corrected chi connectivity index (χ3v) is 4.08. The summed E-state index contributed by atoms with van der Waals surface area (Å²) in [6.45, 7) is 0. The largest absolute Gasteiger partial charge is 0.573 e. The lowest BCUT2D eigenvalue weighted by Crippen LogP contribution is -2.18. The van der Waals surface area contributed by atoms with Gasteiger partial charge >= 0.3 is 6.36 Å². The Morgan fingerprint density at radius 1 is 1.17 bits per heavy atom. The van der Waals surface area contributed by atoms with E-state index in [-0.39, 0.29) is 24.4 Å². The number of carbonyl (C=O) groups excluding carboxylic acids is 1. The zero-order valence-electron chi connectivity index (χ0n) is 14.8. The average Bonchev–Trinajstić information content (AvgIpc) is 3.15. The molecule has 1 heterocycles. The molecule has 29 heavy (non-hydrogen) atoms. The van der Waals surface area contributed by atoms with E-state index in [2.05, 4.69) is 25.4 Å². The van der Waals surface area contributed by atoms with Gasteiger partial charge in [-0.3, -0.25) is 4.79 Å². The van der Waals surface area contributed by atoms with Gasteiger partial charge in [0.15, 0.2) is 0 Å². The van der Waals surface area contributed by atoms with Crippen molar-refractivity contribution in [2.75, 3.05) is 0 Å². The average molecular weight is 409 g/mol. The second-order valence-corrected chi connectivity index (χ2v) is 6.27. The van der Waals surface area contributed by atoms with E-state index < -0.39 is 24.0 Å². The van der Waals surface area contributed by atoms with Crippen molar-refractivity contribution in [1.82, 2.24) is 20.6 Å². The number of nitrogens with one attached hydrogen (secondary N) is 1. The summed E-state index contributed by atoms with van der Waals surface area (Å²) in [7, 11) is 0. The molecule has 0 radical (unpaired) electrons. The van der Waals surface area contributed by atoms with Crippen LogP contribution in [0.3, 0.4) is 0 Å². The summed E-state index contributed by atoms with van der Waals surface area (Å²) in [5, 5.41) is 13.3. The first kappa shape index (κ1) is 20.2. The molecule has 0 saturated carbocycles. The number of alkyl halides is 3. The Morgan fingerprint density at radius 2 is 1.90 bits per heavy atom. The molecule has 0 aliphatic heterocycles. The smallest absolute Gasteiger partial charge is 0.406 e. The Hall–Kier alpha value is -3.50. The Labute approximate surface area is 161 Å². The summed E-state index contributed by atoms with van der Waals surface area (Å²) in [6.07, 6.45) is -4.64. The number of nitrogens with zero attached hydrogens (tertiary/aromatic N) is 3. The van der Waals surface area contributed by atoms with E-state index in [1.54, 1.807) is 6.07 Å². The van der Waals surface area contributed by atoms with E-state index in [4.69, 9.17) is 5.73 Å². The maximum Gasteiger partial charge on any atom is 0.573 e. The Morgan fingerprint density at radius 3 is 2.48 bits per heavy atom. The predicted octanol–water partition coefficient (Wildman–Crippen LogP) is 3.11. The number of amides is 1. The summed E-state index contributed by atoms with van der Waals surface area (Å²) >= 11 is 0. The molecule has 3 N–H and O–H groups in total. The third kappa shape index (κ3) is 5.74. The van der Waals surface area contributed by atoms with Gasteiger partial charge in [0.2, 0.25) is 11.7 Å². The number of H-pyrrole nitrogens is 1. The van der Waals surface area contributed by atoms with Crippen LogP contribution in [0, 0.1) is 5.82 Å². The molecule has 152 valence electrons. The fourth-order valence-electron chi connectivity index (χ4n) is 2.92. The van der Waals surface area contributed by atoms with Gasteiger partial charge in [-0.2, -0.15) is 5.21 Å². The second kappa shape index (κ2) is 8.25. The molecule has 3 aromatic rings. The number of ether oxygens (including phenoxy) is 1. The topological polar surface area (TPSA) is 107 Å². The molecular weight excluding hydrogens is 394 g/mol. The Balaban J connectivity index is 1.86. The second-order valence-electron chi connectivity index (χ2n) is 6.27. The normalized spacial score (nSPS) is 12.6. The van der Waals surface area contributed by atoms with Gasteiger partial charge in [0.05, 0.1) is 0 Å². The number of aromatic nitrogens is 4. The molecule has 1 amide bonds. The van der Waals surface area contributed by atoms with Crippen molar-refractivity contribution in [2.24, 2.45) is 5.73 Å². The number of rotatable bonds is 7. The van der Waals surface area contributed by atoms with Crippen molar-refractivity contribution in [3.05, 3.63) is 59.4 Å². The molecule has 11 heteroatoms. The molecule has 3 rings (SSSR count). The molecule has 1 atom stereocenters. The van der Waals surface area contributed by atoms with Crippen LogP contribution in [-0.2, 0) is 11.2 Å². The lowest BCUT2D eigenvalue weighted by Gasteiger charge is -2.17. The number of aromatic amines is 1. The quantitative estimate of drug-likeness (QED) is 0.583. The molecule has 1 unspecified atom stereocenters. The van der Waals surface area contributed by atoms with Crippen LogP contribution in [0.4, 0.5) is 17.6 Å². The molecule has 0 fully saturated rings. The van der Waals surface area contributed by atoms with E-state index in [9.17, 15) is 22.4 Å². The molecule has 0 aliphatic rings. The highest BCUT2D eigenvalue weighted by atomic mass is 19.4. The molecule has 0 spiro atoms. The number of hydrogen-bond acceptors (Lipinski definition) is 5. The number of primary amides is 1. The van der Waals surface area contributed by atoms with E-state index in [0.29, 0.717) is 16.7 Å². The molecule has 0 aliphatic carbocycles. The Kier molecular flexibility index (Phi) is 5.76. The Bertz CT molecular complexity index is 975. The maximum atomic E-state index is 14.1. The van der Waals surface area contributed by atoms with Crippen LogP contribution >= 0.6 is 0 Å². The zero-order chi connectivity index (χ0) is 21.0. The van der Waals surface area contributed by atoms with Gasteiger partial charge in [0.25, 0.3) is 0 Å². The minimum absolute atomic E-state index is 0.0874. The van der Waals surface area contributed by atoms with Crippen LogP contribution in [0.1, 0.15) is 23.5 Å². The molecule has 1 aromatic heterocycles. The van der Waals surface area contributed by atoms with Crippen molar-refractivity contribution in [3.8, 4) is 17.1 Å². The minimum atomic E-state index is -4.79. The summed E-state index contributed by atoms with van der Waals surface area (Å²) in [4.78, 5) is 11.5. The fraction of sp³-hybridized carbons (Fsp3) is 0.222. The summed E-state index contributed by atoms with van der Waals surface area (Å²) in [5.74, 6) is -1.86. The number of hydrogen-bond donors (Lipinski definition) is 2. The summed E-state index contributed by atoms with van der Waals surface area (Å²) in [6, 6.07) is 9.31. The van der Waals surface area contributed by atoms with Crippen LogP contribution in [0.5, 0.6) is 5.75 Å². The van der Waals surface area contributed by atoms with Crippen molar-refractivity contribution in [2.45, 2.75) is 25.1 Å². The standard InChI is InChI=1S/C18H15F4N5O2/c19-14-7-12(6-13(8-14)17-24-26-27-25-17)11(9-16(23)28)5-10-1-3-15(4-2-10)29-18(20,21)22/h1-4,6-8,11H,5,9H2,(H2,23,28)(H,24,25,26,27). The maximum absolute atomic E-state index is 14.1. The van der Waals surface area contributed by atoms with Gasteiger partial charge in [-0.1, -0.05) is 12.1 Å². The van der Waals surface area contributed by atoms with Gasteiger partial charge in [-0.25, -0.2) is 4.39 Å². The summed E-state index contributed by atoms with van der Waals surface area (Å²) in [5.41, 5.74) is 6.78. The summed E-state index contributed by atoms with van der Waals surface area (Å²) < 4.78 is 54.8. The molecule has 0 bridgehead atoms. The first-order valence-corrected chi connectivity index (χ1v) is 8.37. The van der Waals surface area contributed by atoms with Gasteiger partial charge in [0, 0.05) is 12.0 Å². The van der Waals surface area contributed by atoms with Crippen molar-refractivity contribution < 1.29 is 27.1 Å². The molecule has 7 nitrogen and oxygen atoms in total. The predicted molar refractivity (Wildman–Crippen MR) is 93.0 cm³/mol. The number of halogens is 4. The number of nitrogens with two attached hydrogens (primary N) is 1. The zero-order valence-corrected chi connectivity index (χ0v) is 14.8. The molecule has 0 saturated heterocycles. The van der Waals surface area contributed by atoms with E-state index in [1.165, 1.54) is 36.4 Å². The third-order valence-electron chi connectivity index (χ3n) is 4.08. The van der Waals surface area contributed by atoms with Gasteiger partial charge < -0.3 is 10.5 Å². The monoisotopic (exact) mass is 409 g/mol. The van der Waals surface area contributed by atoms with E-state index in [1.807, 2.05) is 0 Å². The number of tetrazole rings is 1. The van der Waals surface area contributed by atoms with Crippen LogP contribution in [0.25, 0.3) is 11.4 Å². The van der Waals surface area contributed by atoms with Crippen molar-refractivity contribution >= 4 is 5.91 Å². The van der Waals surface area contributed by atoms with Gasteiger partial charge in [0.1, 0.15) is 11.6 Å². The van der Waals surface area contributed by atoms with Crippen LogP contribution in [-0.4, -0.2) is 32.9 Å². The lowest BCUT2D eigenvalue weighted by atomic mass is 9.88. The minimum Gasteiger partial charge on any atom is -0.406 e. The lowest BCUT2D eigenvalue weighted by molar-refractivity contribution is -0.274. The molecule has 2 aromatic carbocycles. The van der Waals surface area contributed by atoms with Gasteiger partial charge in [-0.15, -0.1) is 23.4 Å².